The van der Waals surface area contributed by atoms with E-state index in [-0.39, 0.29) is 0 Å². The second kappa shape index (κ2) is 6.27. The molecule has 0 saturated heterocycles. The van der Waals surface area contributed by atoms with Crippen molar-refractivity contribution in [2.45, 2.75) is 88.9 Å². The predicted octanol–water partition coefficient (Wildman–Crippen LogP) is 6.16. The number of hydrogen-bond donors (Lipinski definition) is 0. The molecule has 0 bridgehead atoms. The zero-order valence-corrected chi connectivity index (χ0v) is 20.2. The molecule has 0 atom stereocenters. The Morgan fingerprint density at radius 3 is 0.650 bits per heavy atom. The highest BCUT2D eigenvalue weighted by Gasteiger charge is 2.39. The van der Waals surface area contributed by atoms with Crippen LogP contribution >= 0.6 is 0 Å². The van der Waals surface area contributed by atoms with Crippen LogP contribution in [0.1, 0.15) is 0 Å². The molecule has 0 aliphatic heterocycles. The lowest BCUT2D eigenvalue weighted by molar-refractivity contribution is 1.31. The summed E-state index contributed by atoms with van der Waals surface area (Å²) in [5.41, 5.74) is 0. The summed E-state index contributed by atoms with van der Waals surface area (Å²) in [5.74, 6) is 7.71. The van der Waals surface area contributed by atoms with Crippen molar-refractivity contribution in [3.8, 4) is 11.8 Å². The molecule has 0 spiro atoms. The zero-order chi connectivity index (χ0) is 16.6. The second-order valence-electron chi connectivity index (χ2n) is 10.6. The van der Waals surface area contributed by atoms with Gasteiger partial charge in [-0.15, -0.1) is 11.8 Å². The first-order valence-electron chi connectivity index (χ1n) is 7.98. The summed E-state index contributed by atoms with van der Waals surface area (Å²) in [7, 11) is -4.75. The van der Waals surface area contributed by atoms with E-state index in [2.05, 4.69) is 90.4 Å². The molecule has 0 aliphatic carbocycles. The van der Waals surface area contributed by atoms with Crippen LogP contribution in [0.4, 0.5) is 0 Å². The van der Waals surface area contributed by atoms with Gasteiger partial charge in [-0.25, -0.2) is 0 Å². The molecule has 0 aromatic rings. The van der Waals surface area contributed by atoms with E-state index in [1.54, 1.807) is 0 Å². The van der Waals surface area contributed by atoms with Crippen LogP contribution in [0.15, 0.2) is 0 Å². The molecule has 20 heavy (non-hydrogen) atoms. The lowest BCUT2D eigenvalue weighted by Gasteiger charge is -2.37. The molecular formula is C16H38Si4. The van der Waals surface area contributed by atoms with Gasteiger partial charge < -0.3 is 0 Å². The first-order valence-corrected chi connectivity index (χ1v) is 22.3. The fourth-order valence-electron chi connectivity index (χ4n) is 3.63. The molecular weight excluding hydrogens is 305 g/mol. The van der Waals surface area contributed by atoms with Crippen molar-refractivity contribution in [2.75, 3.05) is 0 Å². The van der Waals surface area contributed by atoms with Crippen molar-refractivity contribution >= 4 is 32.3 Å². The SMILES string of the molecule is C[Si](C)(C)C(C#CC([Si](C)(C)C)[Si](C)(C)C)[Si](C)(C)C. The quantitative estimate of drug-likeness (QED) is 0.424. The average Bonchev–Trinajstić information content (AvgIpc) is 2.02. The molecule has 0 unspecified atom stereocenters. The van der Waals surface area contributed by atoms with E-state index in [9.17, 15) is 0 Å². The molecule has 0 saturated carbocycles. The molecule has 0 aromatic heterocycles. The summed E-state index contributed by atoms with van der Waals surface area (Å²) in [6.07, 6.45) is 0. The van der Waals surface area contributed by atoms with E-state index >= 15 is 0 Å². The van der Waals surface area contributed by atoms with Gasteiger partial charge in [0.15, 0.2) is 0 Å². The Labute approximate surface area is 133 Å². The standard InChI is InChI=1S/C16H38Si4/c1-17(2,3)15(18(4,5)6)13-14-16(19(7,8)9)20(10,11)12/h15-16H,1-12H3. The van der Waals surface area contributed by atoms with Gasteiger partial charge in [-0.3, -0.25) is 0 Å². The van der Waals surface area contributed by atoms with Crippen molar-refractivity contribution < 1.29 is 0 Å². The molecule has 0 aliphatic rings. The first-order chi connectivity index (χ1) is 8.47. The fraction of sp³-hybridized carbons (Fsp3) is 0.875. The van der Waals surface area contributed by atoms with Crippen molar-refractivity contribution in [1.29, 1.82) is 0 Å². The summed E-state index contributed by atoms with van der Waals surface area (Å²) in [5, 5.41) is 1.45. The predicted molar refractivity (Wildman–Crippen MR) is 109 cm³/mol. The Hall–Kier alpha value is 0.428. The zero-order valence-electron chi connectivity index (χ0n) is 16.2. The van der Waals surface area contributed by atoms with E-state index < -0.39 is 32.3 Å². The van der Waals surface area contributed by atoms with Crippen LogP contribution in [0.25, 0.3) is 0 Å². The van der Waals surface area contributed by atoms with Crippen LogP contribution in [-0.2, 0) is 0 Å². The van der Waals surface area contributed by atoms with Gasteiger partial charge in [-0.1, -0.05) is 78.6 Å². The minimum Gasteiger partial charge on any atom is -0.106 e. The number of rotatable bonds is 4. The molecule has 0 amide bonds. The molecule has 0 radical (unpaired) electrons. The Morgan fingerprint density at radius 2 is 0.550 bits per heavy atom. The van der Waals surface area contributed by atoms with Gasteiger partial charge in [0.1, 0.15) is 0 Å². The van der Waals surface area contributed by atoms with Crippen LogP contribution in [0, 0.1) is 11.8 Å². The molecule has 0 rings (SSSR count). The maximum absolute atomic E-state index is 3.86. The van der Waals surface area contributed by atoms with Gasteiger partial charge in [0.2, 0.25) is 0 Å². The summed E-state index contributed by atoms with van der Waals surface area (Å²) >= 11 is 0. The van der Waals surface area contributed by atoms with E-state index in [4.69, 9.17) is 0 Å². The van der Waals surface area contributed by atoms with Crippen molar-refractivity contribution in [1.82, 2.24) is 0 Å². The van der Waals surface area contributed by atoms with Crippen LogP contribution in [0.5, 0.6) is 0 Å². The Bertz CT molecular complexity index is 310. The third kappa shape index (κ3) is 6.46. The highest BCUT2D eigenvalue weighted by Crippen LogP contribution is 2.34. The Balaban J connectivity index is 5.65. The van der Waals surface area contributed by atoms with Crippen LogP contribution in [-0.4, -0.2) is 32.3 Å². The van der Waals surface area contributed by atoms with Crippen molar-refractivity contribution in [3.63, 3.8) is 0 Å². The molecule has 118 valence electrons. The molecule has 0 fully saturated rings. The minimum absolute atomic E-state index is 0.727. The molecule has 0 nitrogen and oxygen atoms in total. The third-order valence-corrected chi connectivity index (χ3v) is 21.7. The van der Waals surface area contributed by atoms with Crippen LogP contribution in [0.3, 0.4) is 0 Å². The molecule has 0 aromatic carbocycles. The maximum Gasteiger partial charge on any atom is 0.0578 e. The number of hydrogen-bond acceptors (Lipinski definition) is 0. The van der Waals surface area contributed by atoms with Gasteiger partial charge in [-0.2, -0.15) is 0 Å². The lowest BCUT2D eigenvalue weighted by Crippen LogP contribution is -2.45. The normalized spacial score (nSPS) is 14.5. The molecule has 0 N–H and O–H groups in total. The van der Waals surface area contributed by atoms with Crippen LogP contribution in [0.2, 0.25) is 88.9 Å². The Kier molecular flexibility index (Phi) is 6.41. The summed E-state index contributed by atoms with van der Waals surface area (Å²) < 4.78 is 0. The van der Waals surface area contributed by atoms with E-state index in [1.807, 2.05) is 0 Å². The van der Waals surface area contributed by atoms with Crippen molar-refractivity contribution in [2.24, 2.45) is 0 Å². The smallest absolute Gasteiger partial charge is 0.0578 e. The Morgan fingerprint density at radius 1 is 0.400 bits per heavy atom. The highest BCUT2D eigenvalue weighted by molar-refractivity contribution is 6.98. The van der Waals surface area contributed by atoms with Gasteiger partial charge in [0.25, 0.3) is 0 Å². The van der Waals surface area contributed by atoms with Gasteiger partial charge >= 0.3 is 0 Å². The molecule has 0 heterocycles. The summed E-state index contributed by atoms with van der Waals surface area (Å²) in [6, 6.07) is 0. The van der Waals surface area contributed by atoms with E-state index in [0.29, 0.717) is 0 Å². The van der Waals surface area contributed by atoms with E-state index in [0.717, 1.165) is 10.3 Å². The lowest BCUT2D eigenvalue weighted by atomic mass is 10.6. The highest BCUT2D eigenvalue weighted by atomic mass is 28.4. The largest absolute Gasteiger partial charge is 0.106 e. The maximum atomic E-state index is 3.86. The van der Waals surface area contributed by atoms with Crippen LogP contribution < -0.4 is 0 Å². The summed E-state index contributed by atoms with van der Waals surface area (Å²) in [4.78, 5) is 0. The van der Waals surface area contributed by atoms with Gasteiger partial charge in [0, 0.05) is 10.3 Å². The monoisotopic (exact) mass is 342 g/mol. The second-order valence-corrected chi connectivity index (χ2v) is 33.0. The summed E-state index contributed by atoms with van der Waals surface area (Å²) in [6.45, 7) is 30.0. The van der Waals surface area contributed by atoms with Gasteiger partial charge in [-0.05, 0) is 0 Å². The molecule has 4 heteroatoms. The topological polar surface area (TPSA) is 0 Å². The van der Waals surface area contributed by atoms with Crippen molar-refractivity contribution in [3.05, 3.63) is 0 Å². The average molecular weight is 343 g/mol. The third-order valence-electron chi connectivity index (χ3n) is 3.84. The first kappa shape index (κ1) is 20.4. The minimum atomic E-state index is -1.19. The fourth-order valence-corrected chi connectivity index (χ4v) is 26.5. The van der Waals surface area contributed by atoms with E-state index in [1.165, 1.54) is 0 Å². The van der Waals surface area contributed by atoms with Gasteiger partial charge in [0.05, 0.1) is 32.3 Å².